The average Bonchev–Trinajstić information content (AvgIpc) is 2.83. The van der Waals surface area contributed by atoms with E-state index in [1.165, 1.54) is 32.1 Å². The zero-order valence-corrected chi connectivity index (χ0v) is 14.4. The van der Waals surface area contributed by atoms with Crippen molar-refractivity contribution in [2.75, 3.05) is 0 Å². The zero-order chi connectivity index (χ0) is 15.4. The van der Waals surface area contributed by atoms with Crippen molar-refractivity contribution in [3.63, 3.8) is 0 Å². The molecule has 3 unspecified atom stereocenters. The number of carbonyl (C=O) groups excluding carboxylic acids is 1. The van der Waals surface area contributed by atoms with E-state index >= 15 is 0 Å². The second-order valence-electron chi connectivity index (χ2n) is 7.16. The summed E-state index contributed by atoms with van der Waals surface area (Å²) in [4.78, 5) is 15.1. The molecular formula is C18H34N2O. The summed E-state index contributed by atoms with van der Waals surface area (Å²) < 4.78 is 0. The van der Waals surface area contributed by atoms with E-state index in [2.05, 4.69) is 37.9 Å². The molecule has 21 heavy (non-hydrogen) atoms. The van der Waals surface area contributed by atoms with Crippen molar-refractivity contribution in [1.29, 1.82) is 0 Å². The highest BCUT2D eigenvalue weighted by molar-refractivity contribution is 5.85. The number of hydrogen-bond donors (Lipinski definition) is 1. The van der Waals surface area contributed by atoms with Crippen LogP contribution in [0.1, 0.15) is 79.1 Å². The van der Waals surface area contributed by atoms with Crippen LogP contribution in [0.4, 0.5) is 0 Å². The lowest BCUT2D eigenvalue weighted by atomic mass is 9.83. The maximum absolute atomic E-state index is 12.9. The van der Waals surface area contributed by atoms with E-state index in [4.69, 9.17) is 0 Å². The molecule has 1 saturated carbocycles. The Bertz CT molecular complexity index is 336. The van der Waals surface area contributed by atoms with E-state index in [0.717, 1.165) is 25.2 Å². The van der Waals surface area contributed by atoms with E-state index in [0.29, 0.717) is 17.9 Å². The summed E-state index contributed by atoms with van der Waals surface area (Å²) in [6.07, 6.45) is 9.90. The van der Waals surface area contributed by atoms with Crippen molar-refractivity contribution in [3.8, 4) is 0 Å². The molecule has 122 valence electrons. The van der Waals surface area contributed by atoms with Crippen LogP contribution in [0.5, 0.6) is 0 Å². The van der Waals surface area contributed by atoms with Gasteiger partial charge in [0.25, 0.3) is 0 Å². The second kappa shape index (κ2) is 7.62. The molecule has 3 heteroatoms. The molecule has 0 bridgehead atoms. The first-order chi connectivity index (χ1) is 10.1. The number of carbonyl (C=O) groups is 1. The molecule has 1 heterocycles. The summed E-state index contributed by atoms with van der Waals surface area (Å²) in [7, 11) is 0. The van der Waals surface area contributed by atoms with Gasteiger partial charge < -0.3 is 4.90 Å². The van der Waals surface area contributed by atoms with Gasteiger partial charge in [0.15, 0.2) is 0 Å². The van der Waals surface area contributed by atoms with Crippen LogP contribution in [0.15, 0.2) is 0 Å². The SMILES string of the molecule is CCCC1NC(C(C)CC)C(=O)N1C1CCC(CC)CC1. The van der Waals surface area contributed by atoms with Gasteiger partial charge in [0.05, 0.1) is 12.2 Å². The quantitative estimate of drug-likeness (QED) is 0.805. The molecule has 0 radical (unpaired) electrons. The number of nitrogens with zero attached hydrogens (tertiary/aromatic N) is 1. The van der Waals surface area contributed by atoms with Gasteiger partial charge in [-0.15, -0.1) is 0 Å². The number of nitrogens with one attached hydrogen (secondary N) is 1. The van der Waals surface area contributed by atoms with Crippen LogP contribution in [0.3, 0.4) is 0 Å². The predicted octanol–water partition coefficient (Wildman–Crippen LogP) is 3.93. The van der Waals surface area contributed by atoms with E-state index < -0.39 is 0 Å². The molecule has 1 amide bonds. The lowest BCUT2D eigenvalue weighted by Crippen LogP contribution is -2.46. The summed E-state index contributed by atoms with van der Waals surface area (Å²) in [6.45, 7) is 8.90. The summed E-state index contributed by atoms with van der Waals surface area (Å²) in [6, 6.07) is 0.536. The van der Waals surface area contributed by atoms with Crippen molar-refractivity contribution < 1.29 is 4.79 Å². The van der Waals surface area contributed by atoms with Crippen LogP contribution in [0.2, 0.25) is 0 Å². The van der Waals surface area contributed by atoms with Crippen molar-refractivity contribution in [2.24, 2.45) is 11.8 Å². The average molecular weight is 294 g/mol. The molecule has 2 aliphatic rings. The Hall–Kier alpha value is -0.570. The van der Waals surface area contributed by atoms with Crippen LogP contribution < -0.4 is 5.32 Å². The molecule has 1 aliphatic carbocycles. The molecular weight excluding hydrogens is 260 g/mol. The number of hydrogen-bond acceptors (Lipinski definition) is 2. The van der Waals surface area contributed by atoms with Gasteiger partial charge in [-0.2, -0.15) is 0 Å². The Morgan fingerprint density at radius 1 is 1.19 bits per heavy atom. The molecule has 1 saturated heterocycles. The molecule has 1 N–H and O–H groups in total. The first kappa shape index (κ1) is 16.8. The van der Waals surface area contributed by atoms with Crippen molar-refractivity contribution in [3.05, 3.63) is 0 Å². The standard InChI is InChI=1S/C18H34N2O/c1-5-8-16-19-17(13(4)6-2)18(21)20(16)15-11-9-14(7-3)10-12-15/h13-17,19H,5-12H2,1-4H3. The van der Waals surface area contributed by atoms with Gasteiger partial charge in [0.1, 0.15) is 0 Å². The topological polar surface area (TPSA) is 32.3 Å². The molecule has 1 aliphatic heterocycles. The lowest BCUT2D eigenvalue weighted by molar-refractivity contribution is -0.134. The van der Waals surface area contributed by atoms with Crippen molar-refractivity contribution in [1.82, 2.24) is 10.2 Å². The third-order valence-electron chi connectivity index (χ3n) is 5.79. The normalized spacial score (nSPS) is 35.2. The summed E-state index contributed by atoms with van der Waals surface area (Å²) in [5.41, 5.74) is 0. The maximum atomic E-state index is 12.9. The zero-order valence-electron chi connectivity index (χ0n) is 14.4. The minimum atomic E-state index is 0.0513. The molecule has 2 rings (SSSR count). The van der Waals surface area contributed by atoms with E-state index in [9.17, 15) is 4.79 Å². The first-order valence-corrected chi connectivity index (χ1v) is 9.20. The monoisotopic (exact) mass is 294 g/mol. The predicted molar refractivity (Wildman–Crippen MR) is 88.0 cm³/mol. The van der Waals surface area contributed by atoms with Gasteiger partial charge in [-0.1, -0.05) is 47.0 Å². The van der Waals surface area contributed by atoms with Crippen LogP contribution in [-0.4, -0.2) is 29.1 Å². The fraction of sp³-hybridized carbons (Fsp3) is 0.944. The number of amides is 1. The molecule has 3 nitrogen and oxygen atoms in total. The fourth-order valence-electron chi connectivity index (χ4n) is 4.08. The Morgan fingerprint density at radius 3 is 2.38 bits per heavy atom. The highest BCUT2D eigenvalue weighted by atomic mass is 16.2. The highest BCUT2D eigenvalue weighted by Crippen LogP contribution is 2.33. The van der Waals surface area contributed by atoms with Gasteiger partial charge in [0.2, 0.25) is 5.91 Å². The Labute approximate surface area is 130 Å². The largest absolute Gasteiger partial charge is 0.323 e. The van der Waals surface area contributed by atoms with Gasteiger partial charge >= 0.3 is 0 Å². The molecule has 0 aromatic rings. The first-order valence-electron chi connectivity index (χ1n) is 9.20. The fourth-order valence-corrected chi connectivity index (χ4v) is 4.08. The summed E-state index contributed by atoms with van der Waals surface area (Å²) in [5, 5.41) is 3.64. The molecule has 0 aromatic heterocycles. The Morgan fingerprint density at radius 2 is 1.86 bits per heavy atom. The second-order valence-corrected chi connectivity index (χ2v) is 7.16. The van der Waals surface area contributed by atoms with Gasteiger partial charge in [-0.05, 0) is 43.9 Å². The number of rotatable bonds is 6. The van der Waals surface area contributed by atoms with Crippen LogP contribution in [0, 0.1) is 11.8 Å². The minimum Gasteiger partial charge on any atom is -0.323 e. The van der Waals surface area contributed by atoms with Gasteiger partial charge in [-0.25, -0.2) is 0 Å². The van der Waals surface area contributed by atoms with Crippen LogP contribution in [-0.2, 0) is 4.79 Å². The molecule has 0 spiro atoms. The van der Waals surface area contributed by atoms with Crippen LogP contribution >= 0.6 is 0 Å². The molecule has 0 aromatic carbocycles. The highest BCUT2D eigenvalue weighted by Gasteiger charge is 2.44. The summed E-state index contributed by atoms with van der Waals surface area (Å²) in [5.74, 6) is 1.71. The molecule has 2 fully saturated rings. The Kier molecular flexibility index (Phi) is 6.09. The van der Waals surface area contributed by atoms with Crippen LogP contribution in [0.25, 0.3) is 0 Å². The van der Waals surface area contributed by atoms with E-state index in [1.54, 1.807) is 0 Å². The minimum absolute atomic E-state index is 0.0513. The lowest BCUT2D eigenvalue weighted by Gasteiger charge is -2.37. The third kappa shape index (κ3) is 3.61. The summed E-state index contributed by atoms with van der Waals surface area (Å²) >= 11 is 0. The third-order valence-corrected chi connectivity index (χ3v) is 5.79. The molecule has 3 atom stereocenters. The van der Waals surface area contributed by atoms with Gasteiger partial charge in [-0.3, -0.25) is 10.1 Å². The smallest absolute Gasteiger partial charge is 0.241 e. The maximum Gasteiger partial charge on any atom is 0.241 e. The Balaban J connectivity index is 2.06. The van der Waals surface area contributed by atoms with E-state index in [1.807, 2.05) is 0 Å². The van der Waals surface area contributed by atoms with Crippen molar-refractivity contribution >= 4 is 5.91 Å². The van der Waals surface area contributed by atoms with Gasteiger partial charge in [0, 0.05) is 6.04 Å². The van der Waals surface area contributed by atoms with E-state index in [-0.39, 0.29) is 12.2 Å². The van der Waals surface area contributed by atoms with Crippen molar-refractivity contribution in [2.45, 2.75) is 97.3 Å².